The summed E-state index contributed by atoms with van der Waals surface area (Å²) in [7, 11) is 3.47. The van der Waals surface area contributed by atoms with Gasteiger partial charge in [0, 0.05) is 0 Å². The predicted octanol–water partition coefficient (Wildman–Crippen LogP) is 5.56. The minimum atomic E-state index is -0.708. The molecule has 2 N–H and O–H groups in total. The minimum absolute atomic E-state index is 0.296. The van der Waals surface area contributed by atoms with E-state index < -0.39 is 18.1 Å². The fourth-order valence-corrected chi connectivity index (χ4v) is 3.53. The summed E-state index contributed by atoms with van der Waals surface area (Å²) in [5.74, 6) is -0.708. The lowest BCUT2D eigenvalue weighted by atomic mass is 10.0. The Kier molecular flexibility index (Phi) is 18.3. The van der Waals surface area contributed by atoms with E-state index in [0.29, 0.717) is 12.8 Å². The van der Waals surface area contributed by atoms with Gasteiger partial charge in [-0.25, -0.2) is 4.79 Å². The molecule has 5 heteroatoms. The van der Waals surface area contributed by atoms with Gasteiger partial charge in [-0.3, -0.25) is 9.79 Å². The van der Waals surface area contributed by atoms with Crippen molar-refractivity contribution in [1.82, 2.24) is 4.90 Å². The number of hydrogen-bond donors (Lipinski definition) is 2. The number of carbonyl (C=O) groups excluding carboxylic acids is 1. The summed E-state index contributed by atoms with van der Waals surface area (Å²) < 4.78 is 0. The second-order valence-electron chi connectivity index (χ2n) is 8.16. The molecule has 2 unspecified atom stereocenters. The van der Waals surface area contributed by atoms with Crippen LogP contribution in [0, 0.1) is 0 Å². The maximum Gasteiger partial charge on any atom is 0.359 e. The van der Waals surface area contributed by atoms with Crippen molar-refractivity contribution in [3.63, 3.8) is 0 Å². The van der Waals surface area contributed by atoms with Gasteiger partial charge in [0.1, 0.15) is 6.04 Å². The molecule has 0 amide bonds. The van der Waals surface area contributed by atoms with Crippen LogP contribution in [-0.2, 0) is 9.68 Å². The number of aliphatic hydroxyl groups excluding tert-OH is 1. The van der Waals surface area contributed by atoms with Gasteiger partial charge in [-0.15, -0.1) is 0 Å². The number of likely N-dealkylation sites (N-methyl/N-ethyl adjacent to an activating group) is 1. The molecule has 0 saturated carbocycles. The molecule has 0 rings (SSSR count). The number of carbonyl (C=O) groups is 1. The average Bonchev–Trinajstić information content (AvgIpc) is 2.65. The summed E-state index contributed by atoms with van der Waals surface area (Å²) in [6, 6.07) is -0.600. The summed E-state index contributed by atoms with van der Waals surface area (Å²) in [5, 5.41) is 18.6. The quantitative estimate of drug-likeness (QED) is 0.173. The molecule has 0 aromatic carbocycles. The van der Waals surface area contributed by atoms with Crippen LogP contribution in [0.4, 0.5) is 0 Å². The van der Waals surface area contributed by atoms with Gasteiger partial charge in [-0.2, -0.15) is 5.26 Å². The number of unbranched alkanes of at least 4 members (excludes halogenated alkanes) is 13. The van der Waals surface area contributed by atoms with Crippen LogP contribution in [0.5, 0.6) is 0 Å². The number of hydrogen-bond acceptors (Lipinski definition) is 5. The highest BCUT2D eigenvalue weighted by atomic mass is 17.1. The first-order chi connectivity index (χ1) is 13.0. The van der Waals surface area contributed by atoms with Gasteiger partial charge in [0.15, 0.2) is 0 Å². The highest BCUT2D eigenvalue weighted by Crippen LogP contribution is 2.15. The van der Waals surface area contributed by atoms with E-state index in [1.54, 1.807) is 19.0 Å². The Bertz CT molecular complexity index is 336. The van der Waals surface area contributed by atoms with E-state index in [9.17, 15) is 9.90 Å². The van der Waals surface area contributed by atoms with Crippen LogP contribution < -0.4 is 0 Å². The van der Waals surface area contributed by atoms with Gasteiger partial charge in [0.25, 0.3) is 0 Å². The summed E-state index contributed by atoms with van der Waals surface area (Å²) in [6.07, 6.45) is 18.9. The fraction of sp³-hybridized carbons (Fsp3) is 0.955. The highest BCUT2D eigenvalue weighted by Gasteiger charge is 2.25. The van der Waals surface area contributed by atoms with E-state index in [4.69, 9.17) is 5.26 Å². The minimum Gasteiger partial charge on any atom is -0.393 e. The predicted molar refractivity (Wildman–Crippen MR) is 112 cm³/mol. The lowest BCUT2D eigenvalue weighted by Gasteiger charge is -2.23. The molecule has 0 fully saturated rings. The molecule has 0 aliphatic carbocycles. The molecule has 0 spiro atoms. The van der Waals surface area contributed by atoms with Crippen molar-refractivity contribution >= 4 is 5.97 Å². The SMILES string of the molecule is CCCCCCCCCCCCCCCCC(O)CC(C(=O)OO)N(C)C. The average molecular weight is 388 g/mol. The second kappa shape index (κ2) is 18.7. The van der Waals surface area contributed by atoms with Crippen molar-refractivity contribution in [1.29, 1.82) is 0 Å². The fourth-order valence-electron chi connectivity index (χ4n) is 3.53. The van der Waals surface area contributed by atoms with Crippen LogP contribution in [0.3, 0.4) is 0 Å². The molecular weight excluding hydrogens is 342 g/mol. The van der Waals surface area contributed by atoms with Crippen LogP contribution in [0.1, 0.15) is 110 Å². The zero-order valence-corrected chi connectivity index (χ0v) is 18.1. The summed E-state index contributed by atoms with van der Waals surface area (Å²) >= 11 is 0. The molecule has 0 radical (unpaired) electrons. The summed E-state index contributed by atoms with van der Waals surface area (Å²) in [4.78, 5) is 16.9. The topological polar surface area (TPSA) is 70.0 Å². The monoisotopic (exact) mass is 387 g/mol. The molecule has 0 bridgehead atoms. The number of nitrogens with zero attached hydrogens (tertiary/aromatic N) is 1. The van der Waals surface area contributed by atoms with E-state index >= 15 is 0 Å². The smallest absolute Gasteiger partial charge is 0.359 e. The van der Waals surface area contributed by atoms with Crippen molar-refractivity contribution in [3.05, 3.63) is 0 Å². The van der Waals surface area contributed by atoms with Crippen LogP contribution in [0.2, 0.25) is 0 Å². The lowest BCUT2D eigenvalue weighted by molar-refractivity contribution is -0.239. The van der Waals surface area contributed by atoms with Crippen molar-refractivity contribution in [2.24, 2.45) is 0 Å². The first kappa shape index (κ1) is 26.4. The third-order valence-corrected chi connectivity index (χ3v) is 5.37. The van der Waals surface area contributed by atoms with E-state index in [2.05, 4.69) is 11.8 Å². The van der Waals surface area contributed by atoms with Crippen LogP contribution in [-0.4, -0.2) is 47.5 Å². The first-order valence-corrected chi connectivity index (χ1v) is 11.2. The van der Waals surface area contributed by atoms with Crippen LogP contribution in [0.15, 0.2) is 0 Å². The first-order valence-electron chi connectivity index (χ1n) is 11.2. The lowest BCUT2D eigenvalue weighted by Crippen LogP contribution is -2.39. The van der Waals surface area contributed by atoms with E-state index in [1.807, 2.05) is 0 Å². The maximum atomic E-state index is 11.5. The van der Waals surface area contributed by atoms with E-state index in [1.165, 1.54) is 77.0 Å². The zero-order chi connectivity index (χ0) is 20.3. The Morgan fingerprint density at radius 1 is 0.815 bits per heavy atom. The molecule has 0 aromatic heterocycles. The second-order valence-corrected chi connectivity index (χ2v) is 8.16. The van der Waals surface area contributed by atoms with E-state index in [0.717, 1.165) is 12.8 Å². The Morgan fingerprint density at radius 2 is 1.22 bits per heavy atom. The Hall–Kier alpha value is -0.650. The molecular formula is C22H45NO4. The van der Waals surface area contributed by atoms with Gasteiger partial charge in [0.05, 0.1) is 6.10 Å². The zero-order valence-electron chi connectivity index (χ0n) is 18.1. The Morgan fingerprint density at radius 3 is 1.59 bits per heavy atom. The normalized spacial score (nSPS) is 13.7. The highest BCUT2D eigenvalue weighted by molar-refractivity contribution is 5.75. The van der Waals surface area contributed by atoms with Gasteiger partial charge in [0.2, 0.25) is 0 Å². The third kappa shape index (κ3) is 16.0. The molecule has 0 aromatic rings. The molecule has 162 valence electrons. The largest absolute Gasteiger partial charge is 0.393 e. The van der Waals surface area contributed by atoms with Crippen molar-refractivity contribution in [3.8, 4) is 0 Å². The molecule has 0 aliphatic rings. The molecule has 0 saturated heterocycles. The molecule has 27 heavy (non-hydrogen) atoms. The Balaban J connectivity index is 3.44. The molecule has 0 heterocycles. The molecule has 5 nitrogen and oxygen atoms in total. The van der Waals surface area contributed by atoms with Crippen molar-refractivity contribution in [2.45, 2.75) is 122 Å². The molecule has 0 aliphatic heterocycles. The van der Waals surface area contributed by atoms with Gasteiger partial charge in [-0.1, -0.05) is 96.8 Å². The van der Waals surface area contributed by atoms with Gasteiger partial charge < -0.3 is 5.11 Å². The van der Waals surface area contributed by atoms with E-state index in [-0.39, 0.29) is 0 Å². The summed E-state index contributed by atoms with van der Waals surface area (Å²) in [6.45, 7) is 2.26. The van der Waals surface area contributed by atoms with Gasteiger partial charge in [-0.05, 0) is 26.9 Å². The maximum absolute atomic E-state index is 11.5. The number of aliphatic hydroxyl groups is 1. The summed E-state index contributed by atoms with van der Waals surface area (Å²) in [5.41, 5.74) is 0. The number of rotatable bonds is 19. The standard InChI is InChI=1S/C22H45NO4/c1-4-5-6-7-8-9-10-11-12-13-14-15-16-17-18-20(24)19-21(23(2)3)22(25)27-26/h20-21,24,26H,4-19H2,1-3H3. The Labute approximate surface area is 167 Å². The van der Waals surface area contributed by atoms with Gasteiger partial charge >= 0.3 is 5.97 Å². The third-order valence-electron chi connectivity index (χ3n) is 5.37. The molecule has 2 atom stereocenters. The van der Waals surface area contributed by atoms with Crippen molar-refractivity contribution in [2.75, 3.05) is 14.1 Å². The van der Waals surface area contributed by atoms with Crippen molar-refractivity contribution < 1.29 is 20.0 Å². The van der Waals surface area contributed by atoms with Crippen LogP contribution >= 0.6 is 0 Å². The van der Waals surface area contributed by atoms with Crippen LogP contribution in [0.25, 0.3) is 0 Å².